The van der Waals surface area contributed by atoms with Gasteiger partial charge in [0.1, 0.15) is 72.5 Å². The fourth-order valence-electron chi connectivity index (χ4n) is 15.8. The van der Waals surface area contributed by atoms with E-state index >= 15 is 33.6 Å². The molecule has 3 fully saturated rings. The molecule has 0 radical (unpaired) electrons. The number of unbranched alkanes of at least 4 members (excludes halogenated alkanes) is 1. The largest absolute Gasteiger partial charge is 0.370 e. The Bertz CT molecular complexity index is 4380. The molecule has 3 aliphatic rings. The van der Waals surface area contributed by atoms with E-state index in [1.807, 2.05) is 27.7 Å². The number of hydrogen-bond acceptors (Lipinski definition) is 17. The van der Waals surface area contributed by atoms with Crippen LogP contribution in [0.1, 0.15) is 152 Å². The number of carbonyl (C=O) groups is 13. The Morgan fingerprint density at radius 1 is 0.371 bits per heavy atom. The van der Waals surface area contributed by atoms with Gasteiger partial charge in [-0.3, -0.25) is 73.1 Å². The standard InChI is InChI=1S/C90H127N21O13/c1-5-57(4)75(92)85(121)108-69(50-56(2)3)86(122)109-47-25-41-72(109)82(118)103-66(51-58-28-11-6-12-29-58)79(115)101-64(38-21-22-44-91)78(114)106-70(54-61-34-17-9-18-35-61)87(123)110-48-26-43-74(110)84(120)105-68(53-60-32-15-8-16-33-60)81(117)107-71(55-62-36-19-10-20-37-62)88(124)111-49-27-42-73(111)83(119)104-67(52-59-30-13-7-14-31-59)80(116)102-65(40-24-46-99-90(96)97)77(113)100-63(76(93)112)39-23-45-98-89(94)95/h6-20,28-37,56-57,63-75H,5,21-27,38-55,91-92H2,1-4H3,(H2,93,112)(H,100,113)(H,101,115)(H,102,116)(H,103,118)(H,104,119)(H,105,120)(H,106,114)(H,107,117)(H,108,121)(H4,94,95,98)(H4,96,97,99)/t57?,63-,64-,65-,66-,67-,68-,69-,70-,71-,72-,73-,74-,75-/m0/s1. The summed E-state index contributed by atoms with van der Waals surface area (Å²) >= 11 is 0. The summed E-state index contributed by atoms with van der Waals surface area (Å²) in [6.07, 6.45) is 3.59. The Labute approximate surface area is 725 Å². The summed E-state index contributed by atoms with van der Waals surface area (Å²) in [7, 11) is 0. The van der Waals surface area contributed by atoms with Gasteiger partial charge in [-0.15, -0.1) is 0 Å². The molecule has 14 atom stereocenters. The maximum absolute atomic E-state index is 15.6. The van der Waals surface area contributed by atoms with Crippen molar-refractivity contribution in [2.75, 3.05) is 39.3 Å². The highest BCUT2D eigenvalue weighted by atomic mass is 16.2. The topological polar surface area (TPSA) is 542 Å². The number of rotatable bonds is 48. The van der Waals surface area contributed by atoms with E-state index in [9.17, 15) is 28.8 Å². The van der Waals surface area contributed by atoms with Gasteiger partial charge in [-0.05, 0) is 136 Å². The fraction of sp³-hybridized carbons (Fsp3) is 0.500. The van der Waals surface area contributed by atoms with E-state index in [1.54, 1.807) is 152 Å². The Balaban J connectivity index is 1.02. The maximum Gasteiger partial charge on any atom is 0.246 e. The summed E-state index contributed by atoms with van der Waals surface area (Å²) in [5, 5.41) is 46.2. The van der Waals surface area contributed by atoms with Gasteiger partial charge in [0.15, 0.2) is 11.9 Å². The highest BCUT2D eigenvalue weighted by molar-refractivity contribution is 6.01. The molecule has 5 aromatic carbocycles. The number of carbonyl (C=O) groups excluding carboxylic acids is 13. The van der Waals surface area contributed by atoms with Gasteiger partial charge < -0.3 is 102 Å². The van der Waals surface area contributed by atoms with E-state index in [1.165, 1.54) is 14.7 Å². The minimum absolute atomic E-state index is 0.0252. The van der Waals surface area contributed by atoms with Crippen molar-refractivity contribution in [2.24, 2.45) is 40.5 Å². The Kier molecular flexibility index (Phi) is 38.9. The maximum atomic E-state index is 15.6. The van der Waals surface area contributed by atoms with Gasteiger partial charge in [-0.25, -0.2) is 0 Å². The quantitative estimate of drug-likeness (QED) is 0.0147. The zero-order valence-corrected chi connectivity index (χ0v) is 71.5. The summed E-state index contributed by atoms with van der Waals surface area (Å²) < 4.78 is 0. The number of benzene rings is 5. The predicted octanol–water partition coefficient (Wildman–Crippen LogP) is 1.10. The van der Waals surface area contributed by atoms with Crippen molar-refractivity contribution >= 4 is 88.7 Å². The van der Waals surface area contributed by atoms with Crippen molar-refractivity contribution in [1.82, 2.24) is 73.2 Å². The van der Waals surface area contributed by atoms with Crippen molar-refractivity contribution in [3.8, 4) is 0 Å². The summed E-state index contributed by atoms with van der Waals surface area (Å²) in [5.41, 5.74) is 32.2. The van der Waals surface area contributed by atoms with Crippen molar-refractivity contribution in [2.45, 2.75) is 235 Å². The molecule has 34 heteroatoms. The molecule has 5 aromatic rings. The number of likely N-dealkylation sites (tertiary alicyclic amines) is 3. The van der Waals surface area contributed by atoms with Crippen LogP contribution in [-0.2, 0) is 94.4 Å². The van der Waals surface area contributed by atoms with Gasteiger partial charge in [0.25, 0.3) is 0 Å². The first-order chi connectivity index (χ1) is 59.5. The van der Waals surface area contributed by atoms with Crippen molar-refractivity contribution in [1.29, 1.82) is 10.8 Å². The zero-order chi connectivity index (χ0) is 89.8. The second-order valence-corrected chi connectivity index (χ2v) is 32.8. The average molecular weight is 1710 g/mol. The molecule has 0 saturated carbocycles. The third-order valence-corrected chi connectivity index (χ3v) is 22.8. The highest BCUT2D eigenvalue weighted by Gasteiger charge is 2.45. The molecule has 670 valence electrons. The van der Waals surface area contributed by atoms with Crippen LogP contribution in [0.4, 0.5) is 0 Å². The van der Waals surface area contributed by atoms with Gasteiger partial charge in [0, 0.05) is 64.8 Å². The van der Waals surface area contributed by atoms with Gasteiger partial charge in [0.05, 0.1) is 6.04 Å². The Morgan fingerprint density at radius 3 is 0.960 bits per heavy atom. The van der Waals surface area contributed by atoms with Gasteiger partial charge in [-0.1, -0.05) is 186 Å². The molecule has 8 rings (SSSR count). The van der Waals surface area contributed by atoms with Crippen LogP contribution in [0.15, 0.2) is 152 Å². The SMILES string of the molecule is CCC(C)[C@H](N)C(=O)N[C@@H](CC(C)C)C(=O)N1CCC[C@H]1C(=O)N[C@@H](Cc1ccccc1)C(=O)N[C@@H](CCCCN)C(=O)N[C@@H](Cc1ccccc1)C(=O)N1CCC[C@H]1C(=O)N[C@@H](Cc1ccccc1)C(=O)N[C@@H](Cc1ccccc1)C(=O)N1CCC[C@H]1C(=O)N[C@@H](Cc1ccccc1)C(=O)N[C@@H](CCCNC(=N)N)C(=O)N[C@@H](CCCNC(=N)N)C(N)=O. The van der Waals surface area contributed by atoms with E-state index < -0.39 is 155 Å². The van der Waals surface area contributed by atoms with Crippen molar-refractivity contribution < 1.29 is 62.3 Å². The third kappa shape index (κ3) is 30.3. The van der Waals surface area contributed by atoms with Crippen LogP contribution in [0, 0.1) is 22.7 Å². The fourth-order valence-corrected chi connectivity index (χ4v) is 15.8. The second-order valence-electron chi connectivity index (χ2n) is 32.8. The number of nitrogens with zero attached hydrogens (tertiary/aromatic N) is 3. The lowest BCUT2D eigenvalue weighted by Crippen LogP contribution is -2.61. The van der Waals surface area contributed by atoms with Gasteiger partial charge in [-0.2, -0.15) is 0 Å². The zero-order valence-electron chi connectivity index (χ0n) is 71.5. The lowest BCUT2D eigenvalue weighted by molar-refractivity contribution is -0.143. The predicted molar refractivity (Wildman–Crippen MR) is 470 cm³/mol. The second kappa shape index (κ2) is 49.7. The van der Waals surface area contributed by atoms with Crippen molar-refractivity contribution in [3.05, 3.63) is 179 Å². The van der Waals surface area contributed by atoms with Crippen LogP contribution in [0.25, 0.3) is 0 Å². The number of hydrogen-bond donors (Lipinski definition) is 18. The summed E-state index contributed by atoms with van der Waals surface area (Å²) in [6, 6.07) is 28.5. The molecule has 3 heterocycles. The molecule has 1 unspecified atom stereocenters. The molecule has 0 bridgehead atoms. The van der Waals surface area contributed by atoms with E-state index in [4.69, 9.17) is 39.5 Å². The first-order valence-corrected chi connectivity index (χ1v) is 43.3. The summed E-state index contributed by atoms with van der Waals surface area (Å²) in [6.45, 7) is 8.52. The molecule has 34 nitrogen and oxygen atoms in total. The number of guanidine groups is 2. The molecule has 23 N–H and O–H groups in total. The van der Waals surface area contributed by atoms with E-state index in [0.717, 1.165) is 0 Å². The highest BCUT2D eigenvalue weighted by Crippen LogP contribution is 2.26. The Hall–Kier alpha value is -12.3. The number of nitrogens with one attached hydrogen (secondary N) is 13. The monoisotopic (exact) mass is 1710 g/mol. The first-order valence-electron chi connectivity index (χ1n) is 43.3. The lowest BCUT2D eigenvalue weighted by Gasteiger charge is -2.32. The van der Waals surface area contributed by atoms with Crippen LogP contribution >= 0.6 is 0 Å². The minimum Gasteiger partial charge on any atom is -0.370 e. The number of amides is 13. The van der Waals surface area contributed by atoms with Crippen LogP contribution in [0.3, 0.4) is 0 Å². The molecule has 3 saturated heterocycles. The molecular formula is C90H127N21O13. The first kappa shape index (κ1) is 97.1. The van der Waals surface area contributed by atoms with Crippen LogP contribution in [0.2, 0.25) is 0 Å². The number of nitrogens with two attached hydrogens (primary N) is 5. The molecular weight excluding hydrogens is 1580 g/mol. The average Bonchev–Trinajstić information content (AvgIpc) is 1.63. The Morgan fingerprint density at radius 2 is 0.653 bits per heavy atom. The summed E-state index contributed by atoms with van der Waals surface area (Å²) in [5.74, 6) is -9.75. The molecule has 0 aromatic heterocycles. The van der Waals surface area contributed by atoms with Gasteiger partial charge >= 0.3 is 0 Å². The van der Waals surface area contributed by atoms with Crippen LogP contribution in [-0.4, -0.2) is 221 Å². The minimum atomic E-state index is -1.39. The normalized spacial score (nSPS) is 17.5. The molecule has 0 aliphatic carbocycles. The number of primary amides is 1. The smallest absolute Gasteiger partial charge is 0.246 e. The molecule has 13 amide bonds. The third-order valence-electron chi connectivity index (χ3n) is 22.8. The molecule has 3 aliphatic heterocycles. The van der Waals surface area contributed by atoms with E-state index in [0.29, 0.717) is 66.3 Å². The lowest BCUT2D eigenvalue weighted by atomic mass is 9.97. The molecule has 0 spiro atoms. The van der Waals surface area contributed by atoms with Gasteiger partial charge in [0.2, 0.25) is 76.8 Å². The summed E-state index contributed by atoms with van der Waals surface area (Å²) in [4.78, 5) is 196. The molecule has 124 heavy (non-hydrogen) atoms. The van der Waals surface area contributed by atoms with Crippen LogP contribution < -0.4 is 87.2 Å². The van der Waals surface area contributed by atoms with E-state index in [2.05, 4.69) is 58.5 Å². The van der Waals surface area contributed by atoms with E-state index in [-0.39, 0.29) is 153 Å². The van der Waals surface area contributed by atoms with Crippen molar-refractivity contribution in [3.63, 3.8) is 0 Å². The van der Waals surface area contributed by atoms with Crippen LogP contribution in [0.5, 0.6) is 0 Å².